The van der Waals surface area contributed by atoms with E-state index in [1.165, 1.54) is 5.56 Å². The van der Waals surface area contributed by atoms with Crippen molar-refractivity contribution < 1.29 is 23.9 Å². The van der Waals surface area contributed by atoms with E-state index in [1.807, 2.05) is 55.3 Å². The summed E-state index contributed by atoms with van der Waals surface area (Å²) < 4.78 is 9.27. The topological polar surface area (TPSA) is 116 Å². The zero-order valence-corrected chi connectivity index (χ0v) is 36.6. The maximum Gasteiger partial charge on any atom is 0.328 e. The molecule has 13 nitrogen and oxygen atoms in total. The highest BCUT2D eigenvalue weighted by Gasteiger charge is 2.32. The molecule has 0 atom stereocenters. The fourth-order valence-corrected chi connectivity index (χ4v) is 9.92. The van der Waals surface area contributed by atoms with Crippen LogP contribution in [0.25, 0.3) is 21.8 Å². The fourth-order valence-electron chi connectivity index (χ4n) is 9.92. The lowest BCUT2D eigenvalue weighted by atomic mass is 9.97. The second-order valence-corrected chi connectivity index (χ2v) is 18.3. The molecule has 5 aliphatic heterocycles. The summed E-state index contributed by atoms with van der Waals surface area (Å²) in [5.41, 5.74) is 7.79. The SMILES string of the molecule is CC1CCN(C(=O)c2ccc3c(c2)c2c(n3C(=O)N(C)C)CCN(C3CCOCC3)C2)CC1.CC1CCN(C(=O)c2ccc3c(c2)c2c(n3C(=O)N(C)C)CCNC2)CC1. The van der Waals surface area contributed by atoms with Crippen molar-refractivity contribution in [2.45, 2.75) is 84.3 Å². The van der Waals surface area contributed by atoms with Crippen molar-refractivity contribution in [3.63, 3.8) is 0 Å². The molecule has 2 aromatic carbocycles. The van der Waals surface area contributed by atoms with Crippen molar-refractivity contribution in [1.29, 1.82) is 0 Å². The molecule has 0 saturated carbocycles. The number of hydrogen-bond donors (Lipinski definition) is 1. The zero-order chi connectivity index (χ0) is 42.2. The summed E-state index contributed by atoms with van der Waals surface area (Å²) in [6.45, 7) is 12.8. The molecule has 13 heteroatoms. The fraction of sp³-hybridized carbons (Fsp3) is 0.574. The van der Waals surface area contributed by atoms with Gasteiger partial charge in [-0.2, -0.15) is 0 Å². The van der Waals surface area contributed by atoms with E-state index in [4.69, 9.17) is 4.74 Å². The Morgan fingerprint density at radius 2 is 1.12 bits per heavy atom. The molecule has 4 aromatic rings. The first kappa shape index (κ1) is 42.0. The number of fused-ring (bicyclic) bond motifs is 6. The predicted molar refractivity (Wildman–Crippen MR) is 235 cm³/mol. The minimum Gasteiger partial charge on any atom is -0.381 e. The summed E-state index contributed by atoms with van der Waals surface area (Å²) >= 11 is 0. The van der Waals surface area contributed by atoms with Gasteiger partial charge >= 0.3 is 12.1 Å². The lowest BCUT2D eigenvalue weighted by Gasteiger charge is -2.37. The largest absolute Gasteiger partial charge is 0.381 e. The lowest BCUT2D eigenvalue weighted by molar-refractivity contribution is 0.0290. The monoisotopic (exact) mass is 820 g/mol. The number of amides is 4. The molecule has 1 N–H and O–H groups in total. The molecule has 5 aliphatic rings. The van der Waals surface area contributed by atoms with Gasteiger partial charge in [-0.25, -0.2) is 9.59 Å². The van der Waals surface area contributed by atoms with Crippen molar-refractivity contribution in [2.24, 2.45) is 11.8 Å². The van der Waals surface area contributed by atoms with E-state index in [0.717, 1.165) is 167 Å². The number of hydrogen-bond acceptors (Lipinski definition) is 7. The van der Waals surface area contributed by atoms with Crippen LogP contribution in [0.2, 0.25) is 0 Å². The van der Waals surface area contributed by atoms with Crippen LogP contribution >= 0.6 is 0 Å². The number of benzene rings is 2. The zero-order valence-electron chi connectivity index (χ0n) is 36.6. The van der Waals surface area contributed by atoms with Crippen LogP contribution in [0.3, 0.4) is 0 Å². The van der Waals surface area contributed by atoms with Gasteiger partial charge < -0.3 is 29.7 Å². The summed E-state index contributed by atoms with van der Waals surface area (Å²) in [5.74, 6) is 1.60. The standard InChI is InChI=1S/C26H36N4O3.C21H28N4O2/c1-18-6-11-28(12-7-18)25(31)19-4-5-23-21(16-19)22-17-29(20-9-14-33-15-10-20)13-8-24(22)30(23)26(32)27(2)3;1-14-7-10-24(11-8-14)20(26)15-4-5-18-16(12-15)17-13-22-9-6-19(17)25(18)21(27)23(2)3/h4-5,16,18,20H,6-15,17H2,1-3H3;4-5,12,14,22H,6-11,13H2,1-3H3. The van der Waals surface area contributed by atoms with Crippen LogP contribution < -0.4 is 5.32 Å². The Bertz CT molecular complexity index is 2250. The second kappa shape index (κ2) is 17.7. The van der Waals surface area contributed by atoms with Crippen LogP contribution in [0.15, 0.2) is 36.4 Å². The molecule has 9 rings (SSSR count). The highest BCUT2D eigenvalue weighted by molar-refractivity contribution is 6.03. The first-order valence-electron chi connectivity index (χ1n) is 22.3. The highest BCUT2D eigenvalue weighted by atomic mass is 16.5. The van der Waals surface area contributed by atoms with Crippen molar-refractivity contribution in [3.8, 4) is 0 Å². The molecular formula is C47H64N8O5. The van der Waals surface area contributed by atoms with Crippen LogP contribution in [0.5, 0.6) is 0 Å². The Balaban J connectivity index is 0.000000170. The average molecular weight is 821 g/mol. The van der Waals surface area contributed by atoms with Crippen LogP contribution in [-0.2, 0) is 30.7 Å². The number of likely N-dealkylation sites (tertiary alicyclic amines) is 2. The van der Waals surface area contributed by atoms with Gasteiger partial charge in [-0.3, -0.25) is 23.6 Å². The molecule has 60 heavy (non-hydrogen) atoms. The van der Waals surface area contributed by atoms with E-state index in [2.05, 4.69) is 24.1 Å². The Hall–Kier alpha value is -4.72. The number of aromatic nitrogens is 2. The molecule has 4 amide bonds. The van der Waals surface area contributed by atoms with Gasteiger partial charge in [0.15, 0.2) is 0 Å². The maximum atomic E-state index is 13.3. The van der Waals surface area contributed by atoms with Crippen LogP contribution in [0.1, 0.15) is 95.6 Å². The molecular weight excluding hydrogens is 757 g/mol. The number of carbonyl (C=O) groups excluding carboxylic acids is 4. The van der Waals surface area contributed by atoms with E-state index in [-0.39, 0.29) is 23.9 Å². The number of carbonyl (C=O) groups is 4. The molecule has 0 bridgehead atoms. The van der Waals surface area contributed by atoms with Crippen molar-refractivity contribution in [1.82, 2.24) is 39.0 Å². The van der Waals surface area contributed by atoms with Crippen molar-refractivity contribution >= 4 is 45.7 Å². The van der Waals surface area contributed by atoms with Gasteiger partial charge in [0, 0.05) is 146 Å². The van der Waals surface area contributed by atoms with E-state index in [1.54, 1.807) is 38.0 Å². The molecule has 3 saturated heterocycles. The lowest BCUT2D eigenvalue weighted by Crippen LogP contribution is -2.43. The summed E-state index contributed by atoms with van der Waals surface area (Å²) in [4.78, 5) is 62.0. The van der Waals surface area contributed by atoms with Gasteiger partial charge in [-0.1, -0.05) is 13.8 Å². The first-order chi connectivity index (χ1) is 28.9. The average Bonchev–Trinajstić information content (AvgIpc) is 3.78. The molecule has 0 aliphatic carbocycles. The third-order valence-corrected chi connectivity index (χ3v) is 13.7. The second-order valence-electron chi connectivity index (χ2n) is 18.3. The highest BCUT2D eigenvalue weighted by Crippen LogP contribution is 2.35. The molecule has 322 valence electrons. The van der Waals surface area contributed by atoms with Gasteiger partial charge in [-0.05, 0) is 97.9 Å². The first-order valence-corrected chi connectivity index (χ1v) is 22.3. The quantitative estimate of drug-likeness (QED) is 0.259. The maximum absolute atomic E-state index is 13.3. The predicted octanol–water partition coefficient (Wildman–Crippen LogP) is 6.27. The van der Waals surface area contributed by atoms with Crippen LogP contribution in [0, 0.1) is 11.8 Å². The normalized spacial score (nSPS) is 19.4. The third kappa shape index (κ3) is 8.20. The summed E-state index contributed by atoms with van der Waals surface area (Å²) in [5, 5.41) is 5.46. The van der Waals surface area contributed by atoms with E-state index in [9.17, 15) is 19.2 Å². The van der Waals surface area contributed by atoms with Crippen molar-refractivity contribution in [3.05, 3.63) is 70.0 Å². The van der Waals surface area contributed by atoms with E-state index in [0.29, 0.717) is 17.9 Å². The number of piperidine rings is 2. The minimum absolute atomic E-state index is 0.0233. The molecule has 3 fully saturated rings. The van der Waals surface area contributed by atoms with Crippen LogP contribution in [-0.4, -0.2) is 144 Å². The van der Waals surface area contributed by atoms with Gasteiger partial charge in [0.25, 0.3) is 11.8 Å². The molecule has 0 spiro atoms. The molecule has 7 heterocycles. The van der Waals surface area contributed by atoms with E-state index < -0.39 is 0 Å². The van der Waals surface area contributed by atoms with Gasteiger partial charge in [0.2, 0.25) is 0 Å². The number of nitrogens with one attached hydrogen (secondary N) is 1. The van der Waals surface area contributed by atoms with Gasteiger partial charge in [0.05, 0.1) is 11.0 Å². The number of nitrogens with zero attached hydrogens (tertiary/aromatic N) is 7. The Morgan fingerprint density at radius 3 is 1.62 bits per heavy atom. The molecule has 0 unspecified atom stereocenters. The minimum atomic E-state index is -0.0350. The Labute approximate surface area is 354 Å². The van der Waals surface area contributed by atoms with Crippen LogP contribution in [0.4, 0.5) is 9.59 Å². The van der Waals surface area contributed by atoms with Crippen molar-refractivity contribution in [2.75, 3.05) is 80.7 Å². The Morgan fingerprint density at radius 1 is 0.633 bits per heavy atom. The number of ether oxygens (including phenoxy) is 1. The van der Waals surface area contributed by atoms with Gasteiger partial charge in [0.1, 0.15) is 0 Å². The molecule has 2 aromatic heterocycles. The third-order valence-electron chi connectivity index (χ3n) is 13.7. The Kier molecular flexibility index (Phi) is 12.4. The van der Waals surface area contributed by atoms with E-state index >= 15 is 0 Å². The summed E-state index contributed by atoms with van der Waals surface area (Å²) in [6, 6.07) is 12.2. The summed E-state index contributed by atoms with van der Waals surface area (Å²) in [6.07, 6.45) is 8.05. The number of rotatable bonds is 3. The molecule has 0 radical (unpaired) electrons. The summed E-state index contributed by atoms with van der Waals surface area (Å²) in [7, 11) is 7.15. The smallest absolute Gasteiger partial charge is 0.328 e. The van der Waals surface area contributed by atoms with Gasteiger partial charge in [-0.15, -0.1) is 0 Å².